The van der Waals surface area contributed by atoms with Crippen LogP contribution in [0.4, 0.5) is 16.2 Å². The van der Waals surface area contributed by atoms with Crippen molar-refractivity contribution in [2.45, 2.75) is 13.3 Å². The molecule has 1 heterocycles. The lowest BCUT2D eigenvalue weighted by Gasteiger charge is -2.24. The largest absolute Gasteiger partial charge is 0.352 e. The molecule has 3 amide bonds. The van der Waals surface area contributed by atoms with Crippen LogP contribution in [0.2, 0.25) is 0 Å². The molecule has 1 aromatic heterocycles. The molecular weight excluding hydrogens is 354 g/mol. The first-order valence-corrected chi connectivity index (χ1v) is 9.05. The number of primary amides is 1. The second-order valence-electron chi connectivity index (χ2n) is 6.43. The van der Waals surface area contributed by atoms with Crippen molar-refractivity contribution in [3.8, 4) is 0 Å². The maximum absolute atomic E-state index is 12.4. The first kappa shape index (κ1) is 19.3. The third-order valence-corrected chi connectivity index (χ3v) is 4.45. The minimum atomic E-state index is -0.651. The number of hydrogen-bond donors (Lipinski definition) is 3. The molecule has 0 saturated heterocycles. The number of hydrogen-bond acceptors (Lipinski definition) is 4. The number of benzene rings is 2. The molecule has 5 N–H and O–H groups in total. The Kier molecular flexibility index (Phi) is 5.86. The molecule has 0 fully saturated rings. The molecule has 0 radical (unpaired) electrons. The summed E-state index contributed by atoms with van der Waals surface area (Å²) in [6.45, 7) is 2.86. The van der Waals surface area contributed by atoms with E-state index in [1.54, 1.807) is 30.5 Å². The molecule has 28 heavy (non-hydrogen) atoms. The number of anilines is 2. The highest BCUT2D eigenvalue weighted by Gasteiger charge is 2.21. The standard InChI is InChI=1S/C21H23N5O2/c1-14-8-9-16(20(27)25-12-4-10-22)13-18(14)26(21(23)28)17-7-2-5-15-6-3-11-24-19(15)17/h2-3,5-9,11,13H,4,10,12,22H2,1H3,(H2,23,28)(H,25,27). The number of aromatic nitrogens is 1. The number of urea groups is 1. The first-order chi connectivity index (χ1) is 13.5. The molecule has 0 bridgehead atoms. The number of carbonyl (C=O) groups is 2. The molecule has 2 aromatic carbocycles. The number of nitrogens with two attached hydrogens (primary N) is 2. The predicted octanol–water partition coefficient (Wildman–Crippen LogP) is 2.84. The molecule has 0 aliphatic rings. The van der Waals surface area contributed by atoms with Gasteiger partial charge in [0.2, 0.25) is 0 Å². The maximum Gasteiger partial charge on any atom is 0.323 e. The van der Waals surface area contributed by atoms with Crippen molar-refractivity contribution in [1.29, 1.82) is 0 Å². The predicted molar refractivity (Wildman–Crippen MR) is 111 cm³/mol. The normalized spacial score (nSPS) is 10.6. The van der Waals surface area contributed by atoms with Crippen LogP contribution in [0.3, 0.4) is 0 Å². The van der Waals surface area contributed by atoms with Gasteiger partial charge in [-0.05, 0) is 49.7 Å². The molecule has 144 valence electrons. The highest BCUT2D eigenvalue weighted by atomic mass is 16.2. The summed E-state index contributed by atoms with van der Waals surface area (Å²) in [4.78, 5) is 30.6. The van der Waals surface area contributed by atoms with Gasteiger partial charge in [-0.2, -0.15) is 0 Å². The van der Waals surface area contributed by atoms with Gasteiger partial charge in [-0.1, -0.05) is 24.3 Å². The number of fused-ring (bicyclic) bond motifs is 1. The Bertz CT molecular complexity index is 1010. The van der Waals surface area contributed by atoms with Crippen LogP contribution in [0.5, 0.6) is 0 Å². The zero-order valence-electron chi connectivity index (χ0n) is 15.7. The van der Waals surface area contributed by atoms with E-state index in [9.17, 15) is 9.59 Å². The number of nitrogens with zero attached hydrogens (tertiary/aromatic N) is 2. The smallest absolute Gasteiger partial charge is 0.323 e. The number of carbonyl (C=O) groups excluding carboxylic acids is 2. The number of aryl methyl sites for hydroxylation is 1. The monoisotopic (exact) mass is 377 g/mol. The van der Waals surface area contributed by atoms with E-state index in [1.807, 2.05) is 31.2 Å². The van der Waals surface area contributed by atoms with Crippen LogP contribution in [0, 0.1) is 6.92 Å². The summed E-state index contributed by atoms with van der Waals surface area (Å²) in [7, 11) is 0. The van der Waals surface area contributed by atoms with E-state index in [2.05, 4.69) is 10.3 Å². The van der Waals surface area contributed by atoms with Gasteiger partial charge in [0.1, 0.15) is 0 Å². The van der Waals surface area contributed by atoms with Gasteiger partial charge in [-0.3, -0.25) is 14.7 Å². The molecule has 7 nitrogen and oxygen atoms in total. The maximum atomic E-state index is 12.4. The van der Waals surface area contributed by atoms with E-state index in [4.69, 9.17) is 11.5 Å². The second-order valence-corrected chi connectivity index (χ2v) is 6.43. The average molecular weight is 377 g/mol. The van der Waals surface area contributed by atoms with Crippen molar-refractivity contribution in [3.05, 3.63) is 65.9 Å². The van der Waals surface area contributed by atoms with Crippen molar-refractivity contribution in [2.24, 2.45) is 11.5 Å². The van der Waals surface area contributed by atoms with Crippen molar-refractivity contribution in [2.75, 3.05) is 18.0 Å². The topological polar surface area (TPSA) is 114 Å². The van der Waals surface area contributed by atoms with Gasteiger partial charge >= 0.3 is 6.03 Å². The SMILES string of the molecule is Cc1ccc(C(=O)NCCCN)cc1N(C(N)=O)c1cccc2cccnc12. The zero-order chi connectivity index (χ0) is 20.1. The molecule has 0 aliphatic heterocycles. The van der Waals surface area contributed by atoms with Crippen LogP contribution in [0.15, 0.2) is 54.7 Å². The van der Waals surface area contributed by atoms with E-state index in [0.29, 0.717) is 42.0 Å². The molecular formula is C21H23N5O2. The molecule has 3 rings (SSSR count). The van der Waals surface area contributed by atoms with Crippen molar-refractivity contribution in [3.63, 3.8) is 0 Å². The van der Waals surface area contributed by atoms with Crippen LogP contribution in [-0.2, 0) is 0 Å². The minimum absolute atomic E-state index is 0.227. The number of rotatable bonds is 6. The van der Waals surface area contributed by atoms with Gasteiger partial charge in [-0.15, -0.1) is 0 Å². The molecule has 0 saturated carbocycles. The number of para-hydroxylation sites is 1. The fraction of sp³-hybridized carbons (Fsp3) is 0.190. The van der Waals surface area contributed by atoms with Gasteiger partial charge in [0, 0.05) is 23.7 Å². The number of amides is 3. The van der Waals surface area contributed by atoms with Gasteiger partial charge in [0.25, 0.3) is 5.91 Å². The lowest BCUT2D eigenvalue weighted by Crippen LogP contribution is -2.33. The van der Waals surface area contributed by atoms with Crippen LogP contribution < -0.4 is 21.7 Å². The summed E-state index contributed by atoms with van der Waals surface area (Å²) in [5.41, 5.74) is 14.2. The van der Waals surface area contributed by atoms with Crippen molar-refractivity contribution < 1.29 is 9.59 Å². The molecule has 0 aliphatic carbocycles. The summed E-state index contributed by atoms with van der Waals surface area (Å²) in [6, 6.07) is 13.8. The van der Waals surface area contributed by atoms with E-state index < -0.39 is 6.03 Å². The van der Waals surface area contributed by atoms with Crippen molar-refractivity contribution in [1.82, 2.24) is 10.3 Å². The lowest BCUT2D eigenvalue weighted by molar-refractivity contribution is 0.0953. The van der Waals surface area contributed by atoms with Crippen LogP contribution >= 0.6 is 0 Å². The third kappa shape index (κ3) is 3.94. The van der Waals surface area contributed by atoms with Gasteiger partial charge in [0.15, 0.2) is 0 Å². The summed E-state index contributed by atoms with van der Waals surface area (Å²) in [6.07, 6.45) is 2.36. The van der Waals surface area contributed by atoms with Crippen molar-refractivity contribution >= 4 is 34.2 Å². The molecule has 7 heteroatoms. The van der Waals surface area contributed by atoms with Gasteiger partial charge < -0.3 is 16.8 Å². The Balaban J connectivity index is 2.06. The highest BCUT2D eigenvalue weighted by Crippen LogP contribution is 2.33. The Morgan fingerprint density at radius 2 is 1.89 bits per heavy atom. The van der Waals surface area contributed by atoms with Gasteiger partial charge in [0.05, 0.1) is 16.9 Å². The Morgan fingerprint density at radius 1 is 1.11 bits per heavy atom. The first-order valence-electron chi connectivity index (χ1n) is 9.05. The van der Waals surface area contributed by atoms with Crippen LogP contribution in [0.25, 0.3) is 10.9 Å². The quantitative estimate of drug-likeness (QED) is 0.573. The van der Waals surface area contributed by atoms with E-state index >= 15 is 0 Å². The van der Waals surface area contributed by atoms with E-state index in [0.717, 1.165) is 10.9 Å². The Hall–Kier alpha value is -3.45. The van der Waals surface area contributed by atoms with Gasteiger partial charge in [-0.25, -0.2) is 4.79 Å². The minimum Gasteiger partial charge on any atom is -0.352 e. The van der Waals surface area contributed by atoms with Crippen LogP contribution in [0.1, 0.15) is 22.3 Å². The summed E-state index contributed by atoms with van der Waals surface area (Å²) in [5.74, 6) is -0.227. The number of pyridine rings is 1. The fourth-order valence-electron chi connectivity index (χ4n) is 3.03. The fourth-order valence-corrected chi connectivity index (χ4v) is 3.03. The number of nitrogens with one attached hydrogen (secondary N) is 1. The Morgan fingerprint density at radius 3 is 2.64 bits per heavy atom. The average Bonchev–Trinajstić information content (AvgIpc) is 2.69. The summed E-state index contributed by atoms with van der Waals surface area (Å²) < 4.78 is 0. The highest BCUT2D eigenvalue weighted by molar-refractivity contribution is 6.07. The molecule has 3 aromatic rings. The Labute approximate surface area is 163 Å². The van der Waals surface area contributed by atoms with Crippen LogP contribution in [-0.4, -0.2) is 30.0 Å². The lowest BCUT2D eigenvalue weighted by atomic mass is 10.1. The molecule has 0 spiro atoms. The van der Waals surface area contributed by atoms with E-state index in [1.165, 1.54) is 4.90 Å². The third-order valence-electron chi connectivity index (χ3n) is 4.45. The second kappa shape index (κ2) is 8.49. The molecule has 0 unspecified atom stereocenters. The molecule has 0 atom stereocenters. The van der Waals surface area contributed by atoms with E-state index in [-0.39, 0.29) is 5.91 Å². The summed E-state index contributed by atoms with van der Waals surface area (Å²) in [5, 5.41) is 3.71. The summed E-state index contributed by atoms with van der Waals surface area (Å²) >= 11 is 0. The zero-order valence-corrected chi connectivity index (χ0v) is 15.7.